The van der Waals surface area contributed by atoms with Gasteiger partial charge in [0, 0.05) is 35.4 Å². The zero-order valence-electron chi connectivity index (χ0n) is 24.0. The summed E-state index contributed by atoms with van der Waals surface area (Å²) >= 11 is 0. The summed E-state index contributed by atoms with van der Waals surface area (Å²) in [6, 6.07) is 16.2. The smallest absolute Gasteiger partial charge is 0.410 e. The number of rotatable bonds is 5. The van der Waals surface area contributed by atoms with E-state index < -0.39 is 35.7 Å². The van der Waals surface area contributed by atoms with Gasteiger partial charge in [-0.3, -0.25) is 9.69 Å². The summed E-state index contributed by atoms with van der Waals surface area (Å²) in [5, 5.41) is 13.5. The fourth-order valence-corrected chi connectivity index (χ4v) is 5.98. The first-order valence-corrected chi connectivity index (χ1v) is 14.7. The van der Waals surface area contributed by atoms with Crippen molar-refractivity contribution in [3.8, 4) is 22.8 Å². The zero-order valence-corrected chi connectivity index (χ0v) is 24.0. The molecular weight excluding hydrogens is 550 g/mol. The minimum atomic E-state index is -1.37. The van der Waals surface area contributed by atoms with E-state index in [1.807, 2.05) is 66.7 Å². The highest BCUT2D eigenvalue weighted by Crippen LogP contribution is 2.45. The van der Waals surface area contributed by atoms with Crippen LogP contribution < -0.4 is 14.8 Å². The van der Waals surface area contributed by atoms with Crippen molar-refractivity contribution < 1.29 is 33.7 Å². The molecule has 2 amide bonds. The van der Waals surface area contributed by atoms with E-state index >= 15 is 0 Å². The normalized spacial score (nSPS) is 25.9. The number of cyclic esters (lactones) is 1. The molecule has 10 nitrogen and oxygen atoms in total. The van der Waals surface area contributed by atoms with E-state index in [0.29, 0.717) is 35.6 Å². The Kier molecular flexibility index (Phi) is 7.92. The van der Waals surface area contributed by atoms with Crippen LogP contribution in [0, 0.1) is 5.92 Å². The standard InChI is InChI=1S/C33H35N3O7/c1-41-23-13-14-25-27(16-23)34-26(21-10-6-5-7-11-21)18-29(25)43-24-17-28-30(37)35-33(31(38)39)19-22(33)12-8-3-2-4-9-15-42-32(40)36(28)20-24/h5-8,10-14,16,18,22,24,28H,2-4,9,15,17,19-20H2,1H3,(H,35,37)(H,38,39)/t22-,24-,28+,33-/m1/s1. The van der Waals surface area contributed by atoms with Crippen LogP contribution in [-0.2, 0) is 14.3 Å². The number of amides is 2. The van der Waals surface area contributed by atoms with Gasteiger partial charge in [0.05, 0.1) is 31.5 Å². The van der Waals surface area contributed by atoms with Crippen LogP contribution in [0.15, 0.2) is 66.7 Å². The van der Waals surface area contributed by atoms with Crippen molar-refractivity contribution in [3.05, 3.63) is 66.7 Å². The Labute approximate surface area is 249 Å². The lowest BCUT2D eigenvalue weighted by Gasteiger charge is -2.24. The van der Waals surface area contributed by atoms with Gasteiger partial charge in [-0.1, -0.05) is 42.5 Å². The van der Waals surface area contributed by atoms with Gasteiger partial charge in [0.1, 0.15) is 29.2 Å². The lowest BCUT2D eigenvalue weighted by Crippen LogP contribution is -2.53. The summed E-state index contributed by atoms with van der Waals surface area (Å²) in [6.45, 7) is 0.360. The van der Waals surface area contributed by atoms with Crippen molar-refractivity contribution >= 4 is 28.9 Å². The number of carboxylic acid groups (broad SMARTS) is 1. The van der Waals surface area contributed by atoms with E-state index in [9.17, 15) is 19.5 Å². The minimum absolute atomic E-state index is 0.112. The Morgan fingerprint density at radius 2 is 1.95 bits per heavy atom. The molecule has 0 spiro atoms. The molecule has 2 aliphatic heterocycles. The third kappa shape index (κ3) is 5.86. The summed E-state index contributed by atoms with van der Waals surface area (Å²) in [4.78, 5) is 45.3. The topological polar surface area (TPSA) is 127 Å². The number of nitrogens with one attached hydrogen (secondary N) is 1. The second-order valence-electron chi connectivity index (χ2n) is 11.4. The first kappa shape index (κ1) is 28.5. The number of hydrogen-bond donors (Lipinski definition) is 2. The van der Waals surface area contributed by atoms with Crippen molar-refractivity contribution in [2.75, 3.05) is 20.3 Å². The second kappa shape index (κ2) is 11.9. The predicted molar refractivity (Wildman–Crippen MR) is 159 cm³/mol. The van der Waals surface area contributed by atoms with Crippen LogP contribution in [0.4, 0.5) is 4.79 Å². The van der Waals surface area contributed by atoms with Gasteiger partial charge in [0.15, 0.2) is 0 Å². The summed E-state index contributed by atoms with van der Waals surface area (Å²) in [7, 11) is 1.59. The maximum Gasteiger partial charge on any atom is 0.410 e. The molecular formula is C33H35N3O7. The van der Waals surface area contributed by atoms with Gasteiger partial charge >= 0.3 is 12.1 Å². The molecule has 3 heterocycles. The molecule has 3 aromatic rings. The maximum atomic E-state index is 13.6. The minimum Gasteiger partial charge on any atom is -0.497 e. The molecule has 1 aromatic heterocycles. The molecule has 2 aromatic carbocycles. The Hall–Kier alpha value is -4.60. The van der Waals surface area contributed by atoms with Gasteiger partial charge in [0.25, 0.3) is 0 Å². The van der Waals surface area contributed by atoms with Crippen molar-refractivity contribution in [2.45, 2.75) is 56.2 Å². The number of carbonyl (C=O) groups is 3. The molecule has 1 aliphatic carbocycles. The molecule has 0 radical (unpaired) electrons. The molecule has 1 saturated carbocycles. The third-order valence-corrected chi connectivity index (χ3v) is 8.49. The lowest BCUT2D eigenvalue weighted by atomic mass is 10.1. The average molecular weight is 586 g/mol. The molecule has 6 rings (SSSR count). The van der Waals surface area contributed by atoms with Gasteiger partial charge in [-0.25, -0.2) is 14.6 Å². The Morgan fingerprint density at radius 3 is 2.74 bits per heavy atom. The fourth-order valence-electron chi connectivity index (χ4n) is 5.98. The number of aromatic nitrogens is 1. The van der Waals surface area contributed by atoms with Crippen molar-refractivity contribution in [3.63, 3.8) is 0 Å². The van der Waals surface area contributed by atoms with E-state index in [1.54, 1.807) is 7.11 Å². The monoisotopic (exact) mass is 585 g/mol. The highest BCUT2D eigenvalue weighted by molar-refractivity contribution is 5.94. The Morgan fingerprint density at radius 1 is 1.12 bits per heavy atom. The SMILES string of the molecule is COc1ccc2c(O[C@@H]3C[C@H]4C(=O)N[C@]5(C(=O)O)C[C@H]5C=CCCCCCOC(=O)N4C3)cc(-c3ccccc3)nc2c1. The number of hydrogen-bond acceptors (Lipinski definition) is 7. The number of benzene rings is 2. The highest BCUT2D eigenvalue weighted by Gasteiger charge is 2.61. The number of nitrogens with zero attached hydrogens (tertiary/aromatic N) is 2. The predicted octanol–water partition coefficient (Wildman–Crippen LogP) is 4.96. The fraction of sp³-hybridized carbons (Fsp3) is 0.394. The van der Waals surface area contributed by atoms with E-state index in [-0.39, 0.29) is 25.5 Å². The van der Waals surface area contributed by atoms with Crippen LogP contribution in [0.5, 0.6) is 11.5 Å². The number of fused-ring (bicyclic) bond motifs is 3. The van der Waals surface area contributed by atoms with Crippen molar-refractivity contribution in [2.24, 2.45) is 5.92 Å². The van der Waals surface area contributed by atoms with E-state index in [0.717, 1.165) is 30.2 Å². The molecule has 43 heavy (non-hydrogen) atoms. The largest absolute Gasteiger partial charge is 0.497 e. The molecule has 0 unspecified atom stereocenters. The number of carboxylic acids is 1. The first-order chi connectivity index (χ1) is 20.9. The van der Waals surface area contributed by atoms with Crippen molar-refractivity contribution in [1.82, 2.24) is 15.2 Å². The molecule has 0 bridgehead atoms. The highest BCUT2D eigenvalue weighted by atomic mass is 16.6. The van der Waals surface area contributed by atoms with Gasteiger partial charge in [-0.05, 0) is 44.2 Å². The number of methoxy groups -OCH3 is 1. The van der Waals surface area contributed by atoms with E-state index in [4.69, 9.17) is 19.2 Å². The van der Waals surface area contributed by atoms with E-state index in [2.05, 4.69) is 5.32 Å². The van der Waals surface area contributed by atoms with Crippen molar-refractivity contribution in [1.29, 1.82) is 0 Å². The van der Waals surface area contributed by atoms with Crippen LogP contribution in [0.2, 0.25) is 0 Å². The summed E-state index contributed by atoms with van der Waals surface area (Å²) in [5.74, 6) is -0.674. The number of allylic oxidation sites excluding steroid dienone is 1. The number of carbonyl (C=O) groups excluding carboxylic acids is 2. The Bertz CT molecular complexity index is 1560. The van der Waals surface area contributed by atoms with Crippen LogP contribution >= 0.6 is 0 Å². The number of aliphatic carboxylic acids is 1. The maximum absolute atomic E-state index is 13.6. The van der Waals surface area contributed by atoms with Gasteiger partial charge in [-0.2, -0.15) is 0 Å². The average Bonchev–Trinajstić information content (AvgIpc) is 3.55. The van der Waals surface area contributed by atoms with Gasteiger partial charge < -0.3 is 24.6 Å². The lowest BCUT2D eigenvalue weighted by molar-refractivity contribution is -0.144. The van der Waals surface area contributed by atoms with Crippen LogP contribution in [0.25, 0.3) is 22.2 Å². The summed E-state index contributed by atoms with van der Waals surface area (Å²) in [6.07, 6.45) is 6.52. The summed E-state index contributed by atoms with van der Waals surface area (Å²) in [5.41, 5.74) is 0.924. The molecule has 10 heteroatoms. The molecule has 2 N–H and O–H groups in total. The number of ether oxygens (including phenoxy) is 3. The zero-order chi connectivity index (χ0) is 30.0. The molecule has 224 valence electrons. The first-order valence-electron chi connectivity index (χ1n) is 14.7. The van der Waals surface area contributed by atoms with Crippen LogP contribution in [-0.4, -0.2) is 70.9 Å². The molecule has 1 saturated heterocycles. The van der Waals surface area contributed by atoms with Gasteiger partial charge in [0.2, 0.25) is 5.91 Å². The second-order valence-corrected chi connectivity index (χ2v) is 11.4. The quantitative estimate of drug-likeness (QED) is 0.403. The third-order valence-electron chi connectivity index (χ3n) is 8.49. The van der Waals surface area contributed by atoms with Crippen LogP contribution in [0.3, 0.4) is 0 Å². The Balaban J connectivity index is 1.30. The molecule has 3 aliphatic rings. The summed E-state index contributed by atoms with van der Waals surface area (Å²) < 4.78 is 17.5. The molecule has 4 atom stereocenters. The van der Waals surface area contributed by atoms with Gasteiger partial charge in [-0.15, -0.1) is 0 Å². The number of pyridine rings is 1. The van der Waals surface area contributed by atoms with Crippen LogP contribution in [0.1, 0.15) is 38.5 Å². The van der Waals surface area contributed by atoms with E-state index in [1.165, 1.54) is 4.90 Å². The molecule has 2 fully saturated rings.